The van der Waals surface area contributed by atoms with Gasteiger partial charge < -0.3 is 4.42 Å². The van der Waals surface area contributed by atoms with Gasteiger partial charge in [-0.05, 0) is 30.7 Å². The second-order valence-electron chi connectivity index (χ2n) is 9.39. The molecule has 1 aliphatic heterocycles. The summed E-state index contributed by atoms with van der Waals surface area (Å²) in [6.45, 7) is 2.52. The highest BCUT2D eigenvalue weighted by molar-refractivity contribution is 6.50. The van der Waals surface area contributed by atoms with Crippen molar-refractivity contribution in [3.63, 3.8) is 0 Å². The molecule has 39 heavy (non-hydrogen) atoms. The number of hydrogen-bond donors (Lipinski definition) is 1. The van der Waals surface area contributed by atoms with Crippen LogP contribution >= 0.6 is 0 Å². The zero-order valence-corrected chi connectivity index (χ0v) is 21.0. The number of nitrogens with zero attached hydrogens (tertiary/aromatic N) is 2. The summed E-state index contributed by atoms with van der Waals surface area (Å²) in [5, 5.41) is 3.82. The Morgan fingerprint density at radius 2 is 1.41 bits per heavy atom. The minimum absolute atomic E-state index is 0.0292. The van der Waals surface area contributed by atoms with Crippen LogP contribution in [0.4, 0.5) is 11.6 Å². The van der Waals surface area contributed by atoms with Crippen LogP contribution in [-0.4, -0.2) is 34.6 Å². The summed E-state index contributed by atoms with van der Waals surface area (Å²) in [7, 11) is 0. The van der Waals surface area contributed by atoms with E-state index in [-0.39, 0.29) is 28.7 Å². The number of hydrazine groups is 1. The van der Waals surface area contributed by atoms with Crippen molar-refractivity contribution in [2.45, 2.75) is 6.92 Å². The van der Waals surface area contributed by atoms with E-state index < -0.39 is 0 Å². The van der Waals surface area contributed by atoms with Gasteiger partial charge in [0.1, 0.15) is 5.70 Å². The number of anilines is 2. The molecule has 3 aliphatic rings. The first-order valence-corrected chi connectivity index (χ1v) is 12.7. The van der Waals surface area contributed by atoms with Crippen molar-refractivity contribution < 1.29 is 23.8 Å². The molecule has 0 amide bonds. The summed E-state index contributed by atoms with van der Waals surface area (Å²) >= 11 is 0. The van der Waals surface area contributed by atoms with E-state index in [2.05, 4.69) is 4.99 Å². The number of fused-ring (bicyclic) bond motifs is 5. The SMILES string of the molecule is CCN1C(=C[NH+]=C2C=Cc3ccccc3C2=O)c2c(oc3c2C(=O)c2ccccc2C3=O)N1c1ccccc1. The number of benzene rings is 3. The molecule has 0 atom stereocenters. The van der Waals surface area contributed by atoms with Gasteiger partial charge in [-0.2, -0.15) is 0 Å². The molecular formula is C32H22N3O4+. The average Bonchev–Trinajstić information content (AvgIpc) is 3.51. The van der Waals surface area contributed by atoms with Gasteiger partial charge in [0.05, 0.1) is 16.8 Å². The maximum atomic E-state index is 13.8. The molecule has 188 valence electrons. The first-order valence-electron chi connectivity index (χ1n) is 12.7. The molecule has 2 heterocycles. The molecule has 4 aromatic rings. The molecule has 3 aromatic carbocycles. The molecule has 1 N–H and O–H groups in total. The van der Waals surface area contributed by atoms with Crippen LogP contribution in [0.3, 0.4) is 0 Å². The third kappa shape index (κ3) is 3.30. The number of nitrogens with one attached hydrogen (secondary N) is 1. The molecule has 2 aliphatic carbocycles. The van der Waals surface area contributed by atoms with Gasteiger partial charge in [-0.15, -0.1) is 0 Å². The number of carbonyl (C=O) groups is 3. The van der Waals surface area contributed by atoms with Crippen molar-refractivity contribution in [3.05, 3.63) is 130 Å². The number of furan rings is 1. The Kier molecular flexibility index (Phi) is 5.06. The van der Waals surface area contributed by atoms with E-state index in [1.165, 1.54) is 0 Å². The lowest BCUT2D eigenvalue weighted by atomic mass is 9.86. The summed E-state index contributed by atoms with van der Waals surface area (Å²) in [5.74, 6) is -0.301. The summed E-state index contributed by atoms with van der Waals surface area (Å²) in [6.07, 6.45) is 5.35. The quantitative estimate of drug-likeness (QED) is 0.391. The van der Waals surface area contributed by atoms with Crippen molar-refractivity contribution in [2.75, 3.05) is 11.6 Å². The molecule has 0 radical (unpaired) electrons. The van der Waals surface area contributed by atoms with Gasteiger partial charge in [-0.3, -0.25) is 19.4 Å². The normalized spacial score (nSPS) is 17.5. The Labute approximate surface area is 224 Å². The predicted molar refractivity (Wildman–Crippen MR) is 147 cm³/mol. The fraction of sp³-hybridized carbons (Fsp3) is 0.0625. The molecule has 0 spiro atoms. The maximum Gasteiger partial charge on any atom is 0.257 e. The Morgan fingerprint density at radius 3 is 2.15 bits per heavy atom. The number of rotatable bonds is 3. The van der Waals surface area contributed by atoms with Crippen molar-refractivity contribution in [2.24, 2.45) is 0 Å². The summed E-state index contributed by atoms with van der Waals surface area (Å²) in [4.78, 5) is 43.6. The second-order valence-corrected chi connectivity index (χ2v) is 9.39. The highest BCUT2D eigenvalue weighted by Crippen LogP contribution is 2.49. The molecule has 7 nitrogen and oxygen atoms in total. The summed E-state index contributed by atoms with van der Waals surface area (Å²) in [6, 6.07) is 23.8. The van der Waals surface area contributed by atoms with E-state index in [0.717, 1.165) is 11.3 Å². The van der Waals surface area contributed by atoms with Crippen LogP contribution in [0.5, 0.6) is 0 Å². The van der Waals surface area contributed by atoms with Gasteiger partial charge >= 0.3 is 0 Å². The van der Waals surface area contributed by atoms with Crippen LogP contribution in [0.2, 0.25) is 0 Å². The first kappa shape index (κ1) is 22.9. The third-order valence-corrected chi connectivity index (χ3v) is 7.25. The fourth-order valence-corrected chi connectivity index (χ4v) is 5.45. The molecule has 0 bridgehead atoms. The van der Waals surface area contributed by atoms with Gasteiger partial charge in [0.25, 0.3) is 11.5 Å². The van der Waals surface area contributed by atoms with E-state index in [4.69, 9.17) is 4.42 Å². The van der Waals surface area contributed by atoms with Crippen molar-refractivity contribution in [3.8, 4) is 0 Å². The molecule has 0 saturated heterocycles. The summed E-state index contributed by atoms with van der Waals surface area (Å²) in [5.41, 5.74) is 4.74. The maximum absolute atomic E-state index is 13.8. The highest BCUT2D eigenvalue weighted by Gasteiger charge is 2.46. The van der Waals surface area contributed by atoms with Crippen LogP contribution in [0.25, 0.3) is 11.8 Å². The molecule has 0 saturated carbocycles. The topological polar surface area (TPSA) is 84.8 Å². The zero-order chi connectivity index (χ0) is 26.7. The number of carbonyl (C=O) groups excluding carboxylic acids is 3. The number of allylic oxidation sites excluding steroid dienone is 1. The minimum Gasteiger partial charge on any atom is -0.433 e. The van der Waals surface area contributed by atoms with Gasteiger partial charge in [0, 0.05) is 29.3 Å². The van der Waals surface area contributed by atoms with Crippen molar-refractivity contribution in [1.82, 2.24) is 5.01 Å². The molecule has 1 aromatic heterocycles. The van der Waals surface area contributed by atoms with Crippen LogP contribution in [0, 0.1) is 0 Å². The largest absolute Gasteiger partial charge is 0.433 e. The van der Waals surface area contributed by atoms with Crippen molar-refractivity contribution in [1.29, 1.82) is 0 Å². The minimum atomic E-state index is -0.325. The van der Waals surface area contributed by atoms with E-state index in [1.54, 1.807) is 42.6 Å². The fourth-order valence-electron chi connectivity index (χ4n) is 5.45. The van der Waals surface area contributed by atoms with Gasteiger partial charge in [0.15, 0.2) is 17.7 Å². The lowest BCUT2D eigenvalue weighted by molar-refractivity contribution is -0.369. The number of para-hydroxylation sites is 1. The van der Waals surface area contributed by atoms with Gasteiger partial charge in [0.2, 0.25) is 11.7 Å². The molecule has 0 unspecified atom stereocenters. The van der Waals surface area contributed by atoms with E-state index in [1.807, 2.05) is 71.5 Å². The lowest BCUT2D eigenvalue weighted by Crippen LogP contribution is -2.68. The predicted octanol–water partition coefficient (Wildman–Crippen LogP) is 4.17. The molecule has 0 fully saturated rings. The smallest absolute Gasteiger partial charge is 0.257 e. The monoisotopic (exact) mass is 512 g/mol. The first-order chi connectivity index (χ1) is 19.1. The number of ketones is 3. The van der Waals surface area contributed by atoms with Gasteiger partial charge in [-0.1, -0.05) is 66.7 Å². The van der Waals surface area contributed by atoms with Crippen molar-refractivity contribution >= 4 is 46.4 Å². The Bertz CT molecular complexity index is 1810. The van der Waals surface area contributed by atoms with Crippen LogP contribution in [0.1, 0.15) is 60.4 Å². The Morgan fingerprint density at radius 1 is 0.744 bits per heavy atom. The van der Waals surface area contributed by atoms with E-state index in [9.17, 15) is 14.4 Å². The molecular weight excluding hydrogens is 490 g/mol. The molecule has 7 heteroatoms. The number of hydrogen-bond acceptors (Lipinski definition) is 6. The third-order valence-electron chi connectivity index (χ3n) is 7.25. The van der Waals surface area contributed by atoms with E-state index >= 15 is 0 Å². The Hall–Kier alpha value is -5.30. The van der Waals surface area contributed by atoms with Crippen LogP contribution in [0.15, 0.2) is 95.6 Å². The standard InChI is InChI=1S/C32H21N3O4/c1-2-34-25(18-33-24-17-16-19-10-6-7-13-21(19)28(24)36)26-27-29(37)22-14-8-9-15-23(22)30(38)31(27)39-32(26)35(34)20-11-4-3-5-12-20/h3-18H,2H2,1H3/p+1. The lowest BCUT2D eigenvalue weighted by Gasteiger charge is -2.30. The molecule has 7 rings (SSSR count). The van der Waals surface area contributed by atoms with Crippen LogP contribution < -0.4 is 10.0 Å². The van der Waals surface area contributed by atoms with Gasteiger partial charge in [-0.25, -0.2) is 10.0 Å². The van der Waals surface area contributed by atoms with Crippen LogP contribution in [-0.2, 0) is 0 Å². The Balaban J connectivity index is 1.43. The summed E-state index contributed by atoms with van der Waals surface area (Å²) < 4.78 is 6.23. The average molecular weight is 513 g/mol. The number of Topliss-reactive ketones (excluding diaryl/α,β-unsaturated/α-hetero) is 1. The zero-order valence-electron chi connectivity index (χ0n) is 21.0. The van der Waals surface area contributed by atoms with E-state index in [0.29, 0.717) is 46.1 Å². The second kappa shape index (κ2) is 8.63. The highest BCUT2D eigenvalue weighted by atomic mass is 16.4.